The molecule has 1 aliphatic carbocycles. The number of nitrogens with one attached hydrogen (secondary N) is 1. The third-order valence-electron chi connectivity index (χ3n) is 7.76. The van der Waals surface area contributed by atoms with Crippen molar-refractivity contribution in [3.05, 3.63) is 77.8 Å². The van der Waals surface area contributed by atoms with Crippen molar-refractivity contribution in [1.82, 2.24) is 15.3 Å². The Morgan fingerprint density at radius 1 is 1.13 bits per heavy atom. The summed E-state index contributed by atoms with van der Waals surface area (Å²) >= 11 is 0. The lowest BCUT2D eigenvalue weighted by atomic mass is 9.73. The quantitative estimate of drug-likeness (QED) is 0.111. The molecule has 45 heavy (non-hydrogen) atoms. The molecule has 2 aliphatic rings. The van der Waals surface area contributed by atoms with Crippen molar-refractivity contribution in [2.75, 3.05) is 33.4 Å². The number of halogens is 4. The number of nitrogens with zero attached hydrogens (tertiary/aromatic N) is 3. The Morgan fingerprint density at radius 3 is 2.64 bits per heavy atom. The molecule has 2 amide bonds. The van der Waals surface area contributed by atoms with Gasteiger partial charge in [0, 0.05) is 36.0 Å². The van der Waals surface area contributed by atoms with E-state index in [0.717, 1.165) is 44.4 Å². The number of carbonyl (C=O) groups is 1. The molecule has 0 bridgehead atoms. The molecule has 3 aromatic rings. The maximum atomic E-state index is 15.6. The molecule has 13 heteroatoms. The van der Waals surface area contributed by atoms with E-state index in [1.54, 1.807) is 18.2 Å². The summed E-state index contributed by atoms with van der Waals surface area (Å²) in [6.45, 7) is 3.70. The van der Waals surface area contributed by atoms with E-state index < -0.39 is 35.4 Å². The molecule has 9 nitrogen and oxygen atoms in total. The Bertz CT molecular complexity index is 1640. The number of rotatable bonds is 11. The fraction of sp³-hybridized carbons (Fsp3) is 0.344. The van der Waals surface area contributed by atoms with Gasteiger partial charge in [0.05, 0.1) is 24.6 Å². The Balaban J connectivity index is 1.38. The molecular formula is C32H33F4N5O4. The Labute approximate surface area is 257 Å². The average molecular weight is 628 g/mol. The second-order valence-corrected chi connectivity index (χ2v) is 10.8. The number of aromatic nitrogens is 1. The number of methoxy groups -OCH3 is 1. The van der Waals surface area contributed by atoms with Gasteiger partial charge in [-0.05, 0) is 68.6 Å². The Hall–Kier alpha value is -4.65. The molecule has 1 atom stereocenters. The normalized spacial score (nSPS) is 18.7. The number of alkyl halides is 3. The number of hydrogen-bond donors (Lipinski definition) is 2. The van der Waals surface area contributed by atoms with Crippen molar-refractivity contribution < 1.29 is 36.6 Å². The lowest BCUT2D eigenvalue weighted by Crippen LogP contribution is -2.33. The number of urea groups is 1. The van der Waals surface area contributed by atoms with Crippen molar-refractivity contribution >= 4 is 23.1 Å². The van der Waals surface area contributed by atoms with E-state index in [2.05, 4.69) is 15.0 Å². The molecule has 0 radical (unpaired) electrons. The van der Waals surface area contributed by atoms with Gasteiger partial charge < -0.3 is 24.8 Å². The number of amides is 2. The topological polar surface area (TPSA) is 111 Å². The number of nitrogens with two attached hydrogens (primary N) is 1. The van der Waals surface area contributed by atoms with Gasteiger partial charge in [-0.1, -0.05) is 24.3 Å². The summed E-state index contributed by atoms with van der Waals surface area (Å²) in [6, 6.07) is 7.85. The van der Waals surface area contributed by atoms with Crippen LogP contribution in [0.4, 0.5) is 22.4 Å². The monoisotopic (exact) mass is 627 g/mol. The summed E-state index contributed by atoms with van der Waals surface area (Å²) in [5.41, 5.74) is 5.35. The number of fused-ring (bicyclic) bond motifs is 1. The van der Waals surface area contributed by atoms with Crippen LogP contribution in [0.25, 0.3) is 10.9 Å². The summed E-state index contributed by atoms with van der Waals surface area (Å²) < 4.78 is 73.9. The van der Waals surface area contributed by atoms with E-state index in [9.17, 15) is 18.0 Å². The number of hydrazone groups is 1. The van der Waals surface area contributed by atoms with E-state index in [0.29, 0.717) is 29.0 Å². The summed E-state index contributed by atoms with van der Waals surface area (Å²) in [5.74, 6) is 0.279. The van der Waals surface area contributed by atoms with Gasteiger partial charge in [-0.25, -0.2) is 14.6 Å². The number of likely N-dealkylation sites (tertiary alicyclic amines) is 1. The minimum atomic E-state index is -4.62. The first-order valence-electron chi connectivity index (χ1n) is 14.4. The number of primary amides is 1. The van der Waals surface area contributed by atoms with Gasteiger partial charge in [0.25, 0.3) is 0 Å². The summed E-state index contributed by atoms with van der Waals surface area (Å²) in [7, 11) is 1.52. The van der Waals surface area contributed by atoms with Gasteiger partial charge in [-0.3, -0.25) is 4.98 Å². The lowest BCUT2D eigenvalue weighted by molar-refractivity contribution is -0.0949. The van der Waals surface area contributed by atoms with E-state index >= 15 is 4.39 Å². The standard InChI is InChI=1S/C32H33F4N5O4/c1-43-28-17-23-25(18-29(28)44-15-5-14-41-12-2-3-13-41)38-11-9-26(23)45-27-8-7-21(16-24(27)33)31(20-39-40-30(37)42)10-4-6-22(19-31)32(34,35)36/h4,6-11,16-18,20H,2-3,5,12-15,19H2,1H3,(H3,37,40,42). The molecule has 3 N–H and O–H groups in total. The second-order valence-electron chi connectivity index (χ2n) is 10.8. The number of hydrogen-bond acceptors (Lipinski definition) is 7. The summed E-state index contributed by atoms with van der Waals surface area (Å²) in [6.07, 6.45) is 4.34. The van der Waals surface area contributed by atoms with Crippen LogP contribution in [-0.2, 0) is 5.41 Å². The average Bonchev–Trinajstić information content (AvgIpc) is 3.53. The first-order valence-corrected chi connectivity index (χ1v) is 14.4. The second kappa shape index (κ2) is 13.6. The number of benzene rings is 2. The van der Waals surface area contributed by atoms with Gasteiger partial charge in [-0.2, -0.15) is 18.3 Å². The van der Waals surface area contributed by atoms with E-state index in [1.165, 1.54) is 50.4 Å². The highest BCUT2D eigenvalue weighted by Gasteiger charge is 2.41. The first-order chi connectivity index (χ1) is 21.6. The van der Waals surface area contributed by atoms with Gasteiger partial charge in [0.15, 0.2) is 23.1 Å². The molecule has 238 valence electrons. The number of ether oxygens (including phenoxy) is 3. The predicted molar refractivity (Wildman–Crippen MR) is 161 cm³/mol. The van der Waals surface area contributed by atoms with Crippen LogP contribution in [0.5, 0.6) is 23.0 Å². The molecule has 2 aromatic carbocycles. The van der Waals surface area contributed by atoms with Crippen molar-refractivity contribution in [3.63, 3.8) is 0 Å². The molecule has 2 heterocycles. The van der Waals surface area contributed by atoms with Crippen LogP contribution >= 0.6 is 0 Å². The predicted octanol–water partition coefficient (Wildman–Crippen LogP) is 6.38. The SMILES string of the molecule is COc1cc2c(Oc3ccc(C4(C=NNC(N)=O)C=CC=C(C(F)(F)F)C4)cc3F)ccnc2cc1OCCCN1CCCC1. The highest BCUT2D eigenvalue weighted by atomic mass is 19.4. The molecule has 1 aliphatic heterocycles. The van der Waals surface area contributed by atoms with Crippen molar-refractivity contribution in [1.29, 1.82) is 0 Å². The third-order valence-corrected chi connectivity index (χ3v) is 7.76. The van der Waals surface area contributed by atoms with Crippen LogP contribution in [0.3, 0.4) is 0 Å². The Kier molecular flexibility index (Phi) is 9.57. The van der Waals surface area contributed by atoms with Crippen LogP contribution in [0.2, 0.25) is 0 Å². The van der Waals surface area contributed by atoms with Crippen molar-refractivity contribution in [3.8, 4) is 23.0 Å². The molecule has 1 fully saturated rings. The molecule has 1 aromatic heterocycles. The van der Waals surface area contributed by atoms with Crippen LogP contribution < -0.4 is 25.4 Å². The number of allylic oxidation sites excluding steroid dienone is 4. The van der Waals surface area contributed by atoms with Gasteiger partial charge >= 0.3 is 12.2 Å². The summed E-state index contributed by atoms with van der Waals surface area (Å²) in [4.78, 5) is 17.9. The molecule has 1 saturated heterocycles. The van der Waals surface area contributed by atoms with E-state index in [-0.39, 0.29) is 17.1 Å². The van der Waals surface area contributed by atoms with E-state index in [4.69, 9.17) is 19.9 Å². The zero-order valence-corrected chi connectivity index (χ0v) is 24.6. The van der Waals surface area contributed by atoms with Gasteiger partial charge in [0.1, 0.15) is 5.75 Å². The Morgan fingerprint density at radius 2 is 1.93 bits per heavy atom. The third kappa shape index (κ3) is 7.54. The van der Waals surface area contributed by atoms with Gasteiger partial charge in [0.2, 0.25) is 0 Å². The number of pyridine rings is 1. The van der Waals surface area contributed by atoms with Gasteiger partial charge in [-0.15, -0.1) is 0 Å². The minimum Gasteiger partial charge on any atom is -0.493 e. The minimum absolute atomic E-state index is 0.154. The van der Waals surface area contributed by atoms with Crippen LogP contribution in [0.15, 0.2) is 71.5 Å². The fourth-order valence-corrected chi connectivity index (χ4v) is 5.49. The number of carbonyl (C=O) groups excluding carboxylic acids is 1. The van der Waals surface area contributed by atoms with Crippen LogP contribution in [0, 0.1) is 5.82 Å². The summed E-state index contributed by atoms with van der Waals surface area (Å²) in [5, 5.41) is 4.24. The molecule has 1 unspecified atom stereocenters. The van der Waals surface area contributed by atoms with Crippen molar-refractivity contribution in [2.24, 2.45) is 10.8 Å². The van der Waals surface area contributed by atoms with E-state index in [1.807, 2.05) is 5.43 Å². The zero-order valence-electron chi connectivity index (χ0n) is 24.6. The van der Waals surface area contributed by atoms with Crippen LogP contribution in [-0.4, -0.2) is 61.7 Å². The highest BCUT2D eigenvalue weighted by molar-refractivity contribution is 5.88. The fourth-order valence-electron chi connectivity index (χ4n) is 5.49. The molecule has 0 saturated carbocycles. The maximum Gasteiger partial charge on any atom is 0.412 e. The highest BCUT2D eigenvalue weighted by Crippen LogP contribution is 2.42. The molecule has 0 spiro atoms. The largest absolute Gasteiger partial charge is 0.493 e. The molecular weight excluding hydrogens is 594 g/mol. The molecule has 5 rings (SSSR count). The lowest BCUT2D eigenvalue weighted by Gasteiger charge is -2.31. The van der Waals surface area contributed by atoms with Crippen LogP contribution in [0.1, 0.15) is 31.2 Å². The zero-order chi connectivity index (χ0) is 32.0. The maximum absolute atomic E-state index is 15.6. The van der Waals surface area contributed by atoms with Crippen molar-refractivity contribution in [2.45, 2.75) is 37.3 Å². The first kappa shape index (κ1) is 31.8. The smallest absolute Gasteiger partial charge is 0.412 e.